The Balaban J connectivity index is 1.93. The molecule has 1 heterocycles. The zero-order valence-corrected chi connectivity index (χ0v) is 10.8. The number of hydrogen-bond donors (Lipinski definition) is 2. The van der Waals surface area contributed by atoms with Gasteiger partial charge in [-0.15, -0.1) is 0 Å². The zero-order chi connectivity index (χ0) is 13.9. The summed E-state index contributed by atoms with van der Waals surface area (Å²) in [6.07, 6.45) is 8.92. The first kappa shape index (κ1) is 13.3. The third-order valence-corrected chi connectivity index (χ3v) is 3.34. The van der Waals surface area contributed by atoms with E-state index < -0.39 is 11.5 Å². The summed E-state index contributed by atoms with van der Waals surface area (Å²) in [6.45, 7) is 0. The van der Waals surface area contributed by atoms with E-state index in [1.807, 2.05) is 0 Å². The molecule has 0 bridgehead atoms. The Hall–Kier alpha value is -2.11. The summed E-state index contributed by atoms with van der Waals surface area (Å²) < 4.78 is 1.65. The number of carbonyl (C=O) groups excluding carboxylic acids is 1. The minimum Gasteiger partial charge on any atom is -0.481 e. The van der Waals surface area contributed by atoms with E-state index >= 15 is 0 Å². The molecule has 1 aromatic rings. The fraction of sp³-hybridized carbons (Fsp3) is 0.462. The van der Waals surface area contributed by atoms with Crippen LogP contribution in [0, 0.1) is 0 Å². The van der Waals surface area contributed by atoms with Gasteiger partial charge in [0.25, 0.3) is 0 Å². The Morgan fingerprint density at radius 3 is 2.79 bits per heavy atom. The van der Waals surface area contributed by atoms with E-state index in [9.17, 15) is 9.59 Å². The van der Waals surface area contributed by atoms with E-state index in [-0.39, 0.29) is 12.3 Å². The monoisotopic (exact) mass is 263 g/mol. The molecule has 1 fully saturated rings. The first-order chi connectivity index (χ1) is 8.99. The molecule has 0 saturated heterocycles. The Morgan fingerprint density at radius 2 is 2.32 bits per heavy atom. The molecular formula is C13H17N3O3. The van der Waals surface area contributed by atoms with Gasteiger partial charge < -0.3 is 10.4 Å². The molecule has 0 aromatic carbocycles. The molecule has 19 heavy (non-hydrogen) atoms. The first-order valence-corrected chi connectivity index (χ1v) is 6.20. The van der Waals surface area contributed by atoms with Crippen molar-refractivity contribution in [3.8, 4) is 0 Å². The van der Waals surface area contributed by atoms with Gasteiger partial charge in [0.2, 0.25) is 5.91 Å². The molecule has 6 heteroatoms. The lowest BCUT2D eigenvalue weighted by atomic mass is 9.74. The fourth-order valence-electron chi connectivity index (χ4n) is 2.24. The number of aromatic nitrogens is 2. The summed E-state index contributed by atoms with van der Waals surface area (Å²) in [5.41, 5.74) is 0.279. The van der Waals surface area contributed by atoms with Crippen LogP contribution in [0.3, 0.4) is 0 Å². The van der Waals surface area contributed by atoms with Gasteiger partial charge in [-0.2, -0.15) is 5.10 Å². The van der Waals surface area contributed by atoms with Crippen molar-refractivity contribution in [1.29, 1.82) is 0 Å². The molecular weight excluding hydrogens is 246 g/mol. The molecule has 2 rings (SSSR count). The van der Waals surface area contributed by atoms with Crippen molar-refractivity contribution in [2.75, 3.05) is 0 Å². The zero-order valence-electron chi connectivity index (χ0n) is 10.8. The summed E-state index contributed by atoms with van der Waals surface area (Å²) in [6, 6.07) is 0. The lowest BCUT2D eigenvalue weighted by molar-refractivity contribution is -0.140. The molecule has 1 saturated carbocycles. The first-order valence-electron chi connectivity index (χ1n) is 6.20. The van der Waals surface area contributed by atoms with Gasteiger partial charge in [-0.25, -0.2) is 0 Å². The van der Waals surface area contributed by atoms with Crippen LogP contribution in [0.15, 0.2) is 18.5 Å². The molecule has 1 aliphatic carbocycles. The second-order valence-electron chi connectivity index (χ2n) is 4.97. The molecule has 0 atom stereocenters. The molecule has 6 nitrogen and oxygen atoms in total. The molecule has 1 amide bonds. The van der Waals surface area contributed by atoms with Gasteiger partial charge in [-0.1, -0.05) is 0 Å². The van der Waals surface area contributed by atoms with E-state index in [0.717, 1.165) is 24.8 Å². The number of aryl methyl sites for hydroxylation is 1. The van der Waals surface area contributed by atoms with Crippen LogP contribution in [0.5, 0.6) is 0 Å². The van der Waals surface area contributed by atoms with E-state index in [4.69, 9.17) is 5.11 Å². The van der Waals surface area contributed by atoms with Crippen molar-refractivity contribution in [3.63, 3.8) is 0 Å². The number of nitrogens with zero attached hydrogens (tertiary/aromatic N) is 2. The highest BCUT2D eigenvalue weighted by Crippen LogP contribution is 2.34. The number of carboxylic acids is 1. The Morgan fingerprint density at radius 1 is 1.58 bits per heavy atom. The molecule has 0 spiro atoms. The second kappa shape index (κ2) is 5.26. The van der Waals surface area contributed by atoms with Crippen molar-refractivity contribution in [2.45, 2.75) is 31.2 Å². The fourth-order valence-corrected chi connectivity index (χ4v) is 2.24. The largest absolute Gasteiger partial charge is 0.481 e. The predicted molar refractivity (Wildman–Crippen MR) is 69.2 cm³/mol. The van der Waals surface area contributed by atoms with Gasteiger partial charge in [0.05, 0.1) is 18.2 Å². The molecule has 0 aliphatic heterocycles. The lowest BCUT2D eigenvalue weighted by Gasteiger charge is -2.41. The van der Waals surface area contributed by atoms with Crippen LogP contribution in [0.25, 0.3) is 6.08 Å². The number of aliphatic carboxylic acids is 1. The highest BCUT2D eigenvalue weighted by molar-refractivity contribution is 5.92. The normalized spacial score (nSPS) is 17.1. The highest BCUT2D eigenvalue weighted by atomic mass is 16.4. The van der Waals surface area contributed by atoms with Gasteiger partial charge in [0.15, 0.2) is 0 Å². The smallest absolute Gasteiger partial charge is 0.305 e. The summed E-state index contributed by atoms with van der Waals surface area (Å²) >= 11 is 0. The summed E-state index contributed by atoms with van der Waals surface area (Å²) in [7, 11) is 1.80. The molecule has 1 aromatic heterocycles. The average molecular weight is 263 g/mol. The minimum atomic E-state index is -0.878. The molecule has 2 N–H and O–H groups in total. The molecule has 1 aliphatic rings. The number of rotatable bonds is 5. The topological polar surface area (TPSA) is 84.2 Å². The van der Waals surface area contributed by atoms with Gasteiger partial charge in [-0.3, -0.25) is 14.3 Å². The standard InChI is InChI=1S/C13H17N3O3/c1-16-9-10(8-14-16)3-4-11(17)15-13(5-2-6-13)7-12(18)19/h3-4,8-9H,2,5-7H2,1H3,(H,15,17)(H,18,19). The van der Waals surface area contributed by atoms with Gasteiger partial charge in [-0.05, 0) is 25.3 Å². The van der Waals surface area contributed by atoms with Crippen LogP contribution in [-0.4, -0.2) is 32.3 Å². The van der Waals surface area contributed by atoms with Gasteiger partial charge in [0, 0.05) is 24.9 Å². The van der Waals surface area contributed by atoms with Crippen molar-refractivity contribution in [3.05, 3.63) is 24.0 Å². The van der Waals surface area contributed by atoms with Crippen molar-refractivity contribution < 1.29 is 14.7 Å². The number of hydrogen-bond acceptors (Lipinski definition) is 3. The van der Waals surface area contributed by atoms with E-state index in [2.05, 4.69) is 10.4 Å². The molecule has 0 radical (unpaired) electrons. The lowest BCUT2D eigenvalue weighted by Crippen LogP contribution is -2.54. The summed E-state index contributed by atoms with van der Waals surface area (Å²) in [5, 5.41) is 15.7. The maximum Gasteiger partial charge on any atom is 0.305 e. The van der Waals surface area contributed by atoms with Crippen LogP contribution in [0.1, 0.15) is 31.2 Å². The third-order valence-electron chi connectivity index (χ3n) is 3.34. The maximum atomic E-state index is 11.8. The summed E-state index contributed by atoms with van der Waals surface area (Å²) in [5.74, 6) is -1.14. The van der Waals surface area contributed by atoms with Crippen LogP contribution >= 0.6 is 0 Å². The maximum absolute atomic E-state index is 11.8. The van der Waals surface area contributed by atoms with Crippen molar-refractivity contribution in [1.82, 2.24) is 15.1 Å². The van der Waals surface area contributed by atoms with E-state index in [1.54, 1.807) is 30.2 Å². The average Bonchev–Trinajstić information content (AvgIpc) is 2.69. The highest BCUT2D eigenvalue weighted by Gasteiger charge is 2.39. The van der Waals surface area contributed by atoms with Gasteiger partial charge >= 0.3 is 5.97 Å². The van der Waals surface area contributed by atoms with Crippen molar-refractivity contribution >= 4 is 18.0 Å². The third kappa shape index (κ3) is 3.43. The number of amides is 1. The van der Waals surface area contributed by atoms with Crippen molar-refractivity contribution in [2.24, 2.45) is 7.05 Å². The number of nitrogens with one attached hydrogen (secondary N) is 1. The number of carbonyl (C=O) groups is 2. The quantitative estimate of drug-likeness (QED) is 0.774. The van der Waals surface area contributed by atoms with Crippen LogP contribution in [0.4, 0.5) is 0 Å². The Labute approximate surface area is 111 Å². The van der Waals surface area contributed by atoms with Crippen LogP contribution in [0.2, 0.25) is 0 Å². The predicted octanol–water partition coefficient (Wildman–Crippen LogP) is 0.947. The minimum absolute atomic E-state index is 0.0144. The van der Waals surface area contributed by atoms with E-state index in [1.165, 1.54) is 6.08 Å². The van der Waals surface area contributed by atoms with E-state index in [0.29, 0.717) is 0 Å². The molecule has 0 unspecified atom stereocenters. The van der Waals surface area contributed by atoms with Crippen LogP contribution < -0.4 is 5.32 Å². The Bertz CT molecular complexity index is 515. The van der Waals surface area contributed by atoms with Crippen LogP contribution in [-0.2, 0) is 16.6 Å². The SMILES string of the molecule is Cn1cc(C=CC(=O)NC2(CC(=O)O)CCC2)cn1. The number of carboxylic acid groups (broad SMARTS) is 1. The molecule has 102 valence electrons. The van der Waals surface area contributed by atoms with Gasteiger partial charge in [0.1, 0.15) is 0 Å². The second-order valence-corrected chi connectivity index (χ2v) is 4.97. The Kier molecular flexibility index (Phi) is 3.69. The summed E-state index contributed by atoms with van der Waals surface area (Å²) in [4.78, 5) is 22.6.